The predicted molar refractivity (Wildman–Crippen MR) is 72.8 cm³/mol. The molecule has 0 amide bonds. The summed E-state index contributed by atoms with van der Waals surface area (Å²) >= 11 is 3.49. The maximum Gasteiger partial charge on any atom is 0.155 e. The summed E-state index contributed by atoms with van der Waals surface area (Å²) in [5.41, 5.74) is 3.43. The second kappa shape index (κ2) is 4.15. The molecule has 1 aliphatic carbocycles. The lowest BCUT2D eigenvalue weighted by atomic mass is 9.93. The number of benzene rings is 1. The third kappa shape index (κ3) is 1.95. The molecule has 0 unspecified atom stereocenters. The zero-order valence-corrected chi connectivity index (χ0v) is 10.9. The molecule has 3 heteroatoms. The Bertz CT molecular complexity index is 624. The van der Waals surface area contributed by atoms with Gasteiger partial charge in [-0.25, -0.2) is 0 Å². The summed E-state index contributed by atoms with van der Waals surface area (Å²) in [6.45, 7) is 0. The third-order valence-electron chi connectivity index (χ3n) is 3.19. The van der Waals surface area contributed by atoms with Crippen molar-refractivity contribution in [3.63, 3.8) is 0 Å². The molecular weight excluding hydrogens is 278 g/mol. The van der Waals surface area contributed by atoms with Gasteiger partial charge in [-0.1, -0.05) is 15.9 Å². The van der Waals surface area contributed by atoms with Crippen molar-refractivity contribution < 1.29 is 4.79 Å². The number of halogens is 1. The zero-order chi connectivity index (χ0) is 11.8. The molecule has 17 heavy (non-hydrogen) atoms. The topological polar surface area (TPSA) is 32.9 Å². The van der Waals surface area contributed by atoms with Crippen LogP contribution in [0.3, 0.4) is 0 Å². The largest absolute Gasteiger partial charge is 0.361 e. The van der Waals surface area contributed by atoms with E-state index in [0.717, 1.165) is 34.0 Å². The summed E-state index contributed by atoms with van der Waals surface area (Å²) in [6.07, 6.45) is 6.45. The number of carbonyl (C=O) groups is 1. The Morgan fingerprint density at radius 3 is 2.94 bits per heavy atom. The molecule has 1 aromatic heterocycles. The zero-order valence-electron chi connectivity index (χ0n) is 9.29. The Labute approximate surface area is 108 Å². The van der Waals surface area contributed by atoms with Crippen LogP contribution in [-0.4, -0.2) is 10.8 Å². The van der Waals surface area contributed by atoms with Crippen molar-refractivity contribution >= 4 is 38.2 Å². The first-order chi connectivity index (χ1) is 8.24. The van der Waals surface area contributed by atoms with Crippen LogP contribution in [0.15, 0.2) is 34.9 Å². The Balaban J connectivity index is 2.17. The highest BCUT2D eigenvalue weighted by Gasteiger charge is 2.14. The fourth-order valence-electron chi connectivity index (χ4n) is 2.36. The van der Waals surface area contributed by atoms with Gasteiger partial charge in [0.15, 0.2) is 5.78 Å². The Morgan fingerprint density at radius 2 is 2.12 bits per heavy atom. The average Bonchev–Trinajstić information content (AvgIpc) is 2.71. The van der Waals surface area contributed by atoms with Gasteiger partial charge in [0.1, 0.15) is 0 Å². The van der Waals surface area contributed by atoms with Gasteiger partial charge in [-0.2, -0.15) is 0 Å². The first-order valence-electron chi connectivity index (χ1n) is 5.74. The van der Waals surface area contributed by atoms with Gasteiger partial charge in [-0.3, -0.25) is 4.79 Å². The van der Waals surface area contributed by atoms with E-state index in [0.29, 0.717) is 6.42 Å². The minimum atomic E-state index is 0.246. The van der Waals surface area contributed by atoms with E-state index in [1.54, 1.807) is 6.08 Å². The van der Waals surface area contributed by atoms with Crippen molar-refractivity contribution in [2.24, 2.45) is 0 Å². The first-order valence-corrected chi connectivity index (χ1v) is 6.54. The fraction of sp³-hybridized carbons (Fsp3) is 0.214. The second-order valence-corrected chi connectivity index (χ2v) is 5.30. The number of nitrogens with one attached hydrogen (secondary N) is 1. The number of aromatic amines is 1. The van der Waals surface area contributed by atoms with Crippen LogP contribution >= 0.6 is 15.9 Å². The van der Waals surface area contributed by atoms with E-state index in [4.69, 9.17) is 0 Å². The molecule has 2 aromatic rings. The highest BCUT2D eigenvalue weighted by atomic mass is 79.9. The normalized spacial score (nSPS) is 16.3. The van der Waals surface area contributed by atoms with Crippen LogP contribution in [0, 0.1) is 0 Å². The summed E-state index contributed by atoms with van der Waals surface area (Å²) in [6, 6.07) is 6.16. The van der Waals surface area contributed by atoms with Gasteiger partial charge in [0.25, 0.3) is 0 Å². The van der Waals surface area contributed by atoms with Gasteiger partial charge in [-0.05, 0) is 42.7 Å². The van der Waals surface area contributed by atoms with E-state index in [2.05, 4.69) is 27.0 Å². The SMILES string of the molecule is O=C1C=C(c2c[nH]c3ccc(Br)cc23)CCC1. The lowest BCUT2D eigenvalue weighted by molar-refractivity contribution is -0.114. The van der Waals surface area contributed by atoms with E-state index in [1.165, 1.54) is 5.39 Å². The molecule has 0 spiro atoms. The molecule has 0 aliphatic heterocycles. The fourth-order valence-corrected chi connectivity index (χ4v) is 2.72. The Hall–Kier alpha value is -1.35. The number of hydrogen-bond acceptors (Lipinski definition) is 1. The van der Waals surface area contributed by atoms with Crippen molar-refractivity contribution in [1.29, 1.82) is 0 Å². The summed E-state index contributed by atoms with van der Waals surface area (Å²) in [5.74, 6) is 0.246. The molecule has 0 saturated carbocycles. The monoisotopic (exact) mass is 289 g/mol. The molecule has 0 saturated heterocycles. The third-order valence-corrected chi connectivity index (χ3v) is 3.69. The number of carbonyl (C=O) groups excluding carboxylic acids is 1. The molecule has 1 aliphatic rings. The molecule has 1 heterocycles. The van der Waals surface area contributed by atoms with Crippen LogP contribution < -0.4 is 0 Å². The molecule has 86 valence electrons. The van der Waals surface area contributed by atoms with Gasteiger partial charge in [0, 0.05) is 33.6 Å². The summed E-state index contributed by atoms with van der Waals surface area (Å²) in [5, 5.41) is 1.18. The van der Waals surface area contributed by atoms with E-state index in [-0.39, 0.29) is 5.78 Å². The highest BCUT2D eigenvalue weighted by molar-refractivity contribution is 9.10. The van der Waals surface area contributed by atoms with E-state index in [1.807, 2.05) is 18.3 Å². The Morgan fingerprint density at radius 1 is 1.24 bits per heavy atom. The standard InChI is InChI=1S/C14H12BrNO/c15-10-4-5-14-12(7-10)13(8-16-14)9-2-1-3-11(17)6-9/h4-8,16H,1-3H2. The Kier molecular flexibility index (Phi) is 2.63. The summed E-state index contributed by atoms with van der Waals surface area (Å²) in [7, 11) is 0. The molecule has 0 atom stereocenters. The van der Waals surface area contributed by atoms with E-state index >= 15 is 0 Å². The van der Waals surface area contributed by atoms with Crippen LogP contribution in [0.1, 0.15) is 24.8 Å². The number of fused-ring (bicyclic) bond motifs is 1. The maximum atomic E-state index is 11.5. The molecule has 0 bridgehead atoms. The number of hydrogen-bond donors (Lipinski definition) is 1. The van der Waals surface area contributed by atoms with Gasteiger partial charge >= 0.3 is 0 Å². The highest BCUT2D eigenvalue weighted by Crippen LogP contribution is 2.32. The summed E-state index contributed by atoms with van der Waals surface area (Å²) in [4.78, 5) is 14.7. The van der Waals surface area contributed by atoms with Crippen molar-refractivity contribution in [3.8, 4) is 0 Å². The lowest BCUT2D eigenvalue weighted by Crippen LogP contribution is -2.01. The number of aromatic nitrogens is 1. The molecule has 0 fully saturated rings. The summed E-state index contributed by atoms with van der Waals surface area (Å²) < 4.78 is 1.06. The first kappa shape index (κ1) is 10.8. The van der Waals surface area contributed by atoms with Crippen LogP contribution in [0.4, 0.5) is 0 Å². The lowest BCUT2D eigenvalue weighted by Gasteiger charge is -2.11. The molecule has 1 N–H and O–H groups in total. The predicted octanol–water partition coefficient (Wildman–Crippen LogP) is 4.07. The van der Waals surface area contributed by atoms with Crippen molar-refractivity contribution in [2.75, 3.05) is 0 Å². The minimum Gasteiger partial charge on any atom is -0.361 e. The van der Waals surface area contributed by atoms with Gasteiger partial charge in [-0.15, -0.1) is 0 Å². The van der Waals surface area contributed by atoms with E-state index < -0.39 is 0 Å². The van der Waals surface area contributed by atoms with E-state index in [9.17, 15) is 4.79 Å². The molecule has 3 rings (SSSR count). The van der Waals surface area contributed by atoms with Crippen molar-refractivity contribution in [1.82, 2.24) is 4.98 Å². The van der Waals surface area contributed by atoms with Crippen LogP contribution in [0.5, 0.6) is 0 Å². The molecule has 2 nitrogen and oxygen atoms in total. The van der Waals surface area contributed by atoms with Gasteiger partial charge in [0.2, 0.25) is 0 Å². The average molecular weight is 290 g/mol. The van der Waals surface area contributed by atoms with Crippen LogP contribution in [0.25, 0.3) is 16.5 Å². The number of H-pyrrole nitrogens is 1. The molecule has 0 radical (unpaired) electrons. The number of rotatable bonds is 1. The maximum absolute atomic E-state index is 11.5. The van der Waals surface area contributed by atoms with Crippen LogP contribution in [-0.2, 0) is 4.79 Å². The van der Waals surface area contributed by atoms with Gasteiger partial charge in [0.05, 0.1) is 0 Å². The van der Waals surface area contributed by atoms with Crippen molar-refractivity contribution in [3.05, 3.63) is 40.5 Å². The molecular formula is C14H12BrNO. The number of ketones is 1. The second-order valence-electron chi connectivity index (χ2n) is 4.38. The quantitative estimate of drug-likeness (QED) is 0.843. The molecule has 1 aromatic carbocycles. The minimum absolute atomic E-state index is 0.246. The smallest absolute Gasteiger partial charge is 0.155 e. The number of allylic oxidation sites excluding steroid dienone is 2. The van der Waals surface area contributed by atoms with Gasteiger partial charge < -0.3 is 4.98 Å². The van der Waals surface area contributed by atoms with Crippen molar-refractivity contribution in [2.45, 2.75) is 19.3 Å². The van der Waals surface area contributed by atoms with Crippen LogP contribution in [0.2, 0.25) is 0 Å².